The molecule has 0 saturated heterocycles. The van der Waals surface area contributed by atoms with E-state index in [1.807, 2.05) is 6.92 Å². The molecule has 3 aromatic rings. The van der Waals surface area contributed by atoms with Crippen LogP contribution in [-0.4, -0.2) is 62.2 Å². The lowest BCUT2D eigenvalue weighted by Crippen LogP contribution is -2.28. The molecule has 0 saturated carbocycles. The highest BCUT2D eigenvalue weighted by molar-refractivity contribution is 7.89. The van der Waals surface area contributed by atoms with E-state index in [0.717, 1.165) is 12.2 Å². The van der Waals surface area contributed by atoms with Crippen molar-refractivity contribution in [1.82, 2.24) is 24.7 Å². The first kappa shape index (κ1) is 20.0. The van der Waals surface area contributed by atoms with Gasteiger partial charge in [-0.25, -0.2) is 28.1 Å². The predicted molar refractivity (Wildman–Crippen MR) is 107 cm³/mol. The minimum absolute atomic E-state index is 0.152. The van der Waals surface area contributed by atoms with Crippen LogP contribution in [0.2, 0.25) is 0 Å². The van der Waals surface area contributed by atoms with Gasteiger partial charge in [-0.15, -0.1) is 0 Å². The number of methoxy groups -OCH3 is 1. The molecule has 0 radical (unpaired) electrons. The Bertz CT molecular complexity index is 1050. The molecule has 1 aromatic carbocycles. The molecule has 11 heteroatoms. The average Bonchev–Trinajstić information content (AvgIpc) is 3.19. The SMILES string of the molecule is CCN(CCOC)c1ccc(S(=O)(=O)NC)cc1Nc1ncnc2nc[nH]c12. The van der Waals surface area contributed by atoms with E-state index in [4.69, 9.17) is 4.74 Å². The zero-order valence-electron chi connectivity index (χ0n) is 15.9. The first-order valence-electron chi connectivity index (χ1n) is 8.72. The molecule has 0 unspecified atom stereocenters. The lowest BCUT2D eigenvalue weighted by molar-refractivity contribution is 0.205. The highest BCUT2D eigenvalue weighted by atomic mass is 32.2. The van der Waals surface area contributed by atoms with Gasteiger partial charge in [-0.1, -0.05) is 0 Å². The molecule has 0 atom stereocenters. The first-order valence-corrected chi connectivity index (χ1v) is 10.2. The van der Waals surface area contributed by atoms with Crippen LogP contribution in [-0.2, 0) is 14.8 Å². The van der Waals surface area contributed by atoms with E-state index in [0.29, 0.717) is 35.8 Å². The molecule has 150 valence electrons. The van der Waals surface area contributed by atoms with Crippen molar-refractivity contribution in [1.29, 1.82) is 0 Å². The number of aromatic nitrogens is 4. The van der Waals surface area contributed by atoms with Crippen molar-refractivity contribution in [3.63, 3.8) is 0 Å². The Labute approximate surface area is 163 Å². The molecule has 0 bridgehead atoms. The van der Waals surface area contributed by atoms with E-state index in [9.17, 15) is 8.42 Å². The summed E-state index contributed by atoms with van der Waals surface area (Å²) in [7, 11) is -0.572. The Morgan fingerprint density at radius 3 is 2.79 bits per heavy atom. The molecular weight excluding hydrogens is 382 g/mol. The van der Waals surface area contributed by atoms with Crippen LogP contribution in [0.5, 0.6) is 0 Å². The number of nitrogens with zero attached hydrogens (tertiary/aromatic N) is 4. The number of hydrogen-bond donors (Lipinski definition) is 3. The quantitative estimate of drug-likeness (QED) is 0.489. The van der Waals surface area contributed by atoms with Crippen LogP contribution in [0.4, 0.5) is 17.2 Å². The maximum Gasteiger partial charge on any atom is 0.240 e. The Morgan fingerprint density at radius 1 is 1.25 bits per heavy atom. The number of nitrogens with one attached hydrogen (secondary N) is 3. The number of sulfonamides is 1. The molecule has 0 aliphatic rings. The molecule has 3 rings (SSSR count). The van der Waals surface area contributed by atoms with Crippen molar-refractivity contribution in [2.24, 2.45) is 0 Å². The van der Waals surface area contributed by atoms with E-state index >= 15 is 0 Å². The Balaban J connectivity index is 2.09. The minimum atomic E-state index is -3.60. The molecule has 0 spiro atoms. The number of imidazole rings is 1. The zero-order chi connectivity index (χ0) is 20.1. The fraction of sp³-hybridized carbons (Fsp3) is 0.353. The molecule has 3 N–H and O–H groups in total. The van der Waals surface area contributed by atoms with Crippen LogP contribution in [0.3, 0.4) is 0 Å². The lowest BCUT2D eigenvalue weighted by atomic mass is 10.2. The molecule has 0 aliphatic heterocycles. The number of anilines is 3. The third-order valence-corrected chi connectivity index (χ3v) is 5.72. The average molecular weight is 405 g/mol. The molecular formula is C17H23N7O3S. The summed E-state index contributed by atoms with van der Waals surface area (Å²) in [4.78, 5) is 17.7. The molecule has 10 nitrogen and oxygen atoms in total. The van der Waals surface area contributed by atoms with Crippen LogP contribution in [0, 0.1) is 0 Å². The molecule has 0 aliphatic carbocycles. The van der Waals surface area contributed by atoms with E-state index < -0.39 is 10.0 Å². The third-order valence-electron chi connectivity index (χ3n) is 4.31. The van der Waals surface area contributed by atoms with Gasteiger partial charge in [0.05, 0.1) is 29.2 Å². The monoisotopic (exact) mass is 405 g/mol. The fourth-order valence-corrected chi connectivity index (χ4v) is 3.57. The summed E-state index contributed by atoms with van der Waals surface area (Å²) in [6.07, 6.45) is 2.94. The van der Waals surface area contributed by atoms with Gasteiger partial charge in [-0.2, -0.15) is 0 Å². The van der Waals surface area contributed by atoms with Gasteiger partial charge in [0.25, 0.3) is 0 Å². The number of fused-ring (bicyclic) bond motifs is 1. The number of hydrogen-bond acceptors (Lipinski definition) is 8. The summed E-state index contributed by atoms with van der Waals surface area (Å²) in [5.41, 5.74) is 2.59. The van der Waals surface area contributed by atoms with Crippen molar-refractivity contribution in [3.8, 4) is 0 Å². The number of H-pyrrole nitrogens is 1. The van der Waals surface area contributed by atoms with Crippen LogP contribution in [0.25, 0.3) is 11.2 Å². The predicted octanol–water partition coefficient (Wildman–Crippen LogP) is 1.48. The number of rotatable bonds is 9. The van der Waals surface area contributed by atoms with E-state index in [-0.39, 0.29) is 4.90 Å². The van der Waals surface area contributed by atoms with Crippen molar-refractivity contribution in [2.75, 3.05) is 44.1 Å². The van der Waals surface area contributed by atoms with Gasteiger partial charge in [0.1, 0.15) is 11.8 Å². The molecule has 0 fully saturated rings. The zero-order valence-corrected chi connectivity index (χ0v) is 16.7. The van der Waals surface area contributed by atoms with Gasteiger partial charge in [-0.3, -0.25) is 0 Å². The van der Waals surface area contributed by atoms with Gasteiger partial charge in [0.2, 0.25) is 10.0 Å². The van der Waals surface area contributed by atoms with Crippen LogP contribution >= 0.6 is 0 Å². The second-order valence-electron chi connectivity index (χ2n) is 5.91. The summed E-state index contributed by atoms with van der Waals surface area (Å²) >= 11 is 0. The molecule has 0 amide bonds. The highest BCUT2D eigenvalue weighted by Crippen LogP contribution is 2.32. The summed E-state index contributed by atoms with van der Waals surface area (Å²) < 4.78 is 32.1. The van der Waals surface area contributed by atoms with Crippen LogP contribution in [0.1, 0.15) is 6.92 Å². The summed E-state index contributed by atoms with van der Waals surface area (Å²) in [5.74, 6) is 0.505. The van der Waals surface area contributed by atoms with Gasteiger partial charge >= 0.3 is 0 Å². The maximum atomic E-state index is 12.3. The van der Waals surface area contributed by atoms with Gasteiger partial charge in [0, 0.05) is 20.2 Å². The van der Waals surface area contributed by atoms with E-state index in [2.05, 4.69) is 34.9 Å². The molecule has 2 aromatic heterocycles. The number of benzene rings is 1. The van der Waals surface area contributed by atoms with E-state index in [1.165, 1.54) is 19.7 Å². The largest absolute Gasteiger partial charge is 0.383 e. The van der Waals surface area contributed by atoms with Crippen molar-refractivity contribution in [3.05, 3.63) is 30.9 Å². The third kappa shape index (κ3) is 4.06. The normalized spacial score (nSPS) is 11.7. The van der Waals surface area contributed by atoms with E-state index in [1.54, 1.807) is 25.3 Å². The molecule has 2 heterocycles. The second kappa shape index (κ2) is 8.50. The minimum Gasteiger partial charge on any atom is -0.383 e. The Morgan fingerprint density at radius 2 is 2.07 bits per heavy atom. The Kier molecular flexibility index (Phi) is 6.07. The van der Waals surface area contributed by atoms with Crippen molar-refractivity contribution in [2.45, 2.75) is 11.8 Å². The van der Waals surface area contributed by atoms with Gasteiger partial charge < -0.3 is 19.9 Å². The van der Waals surface area contributed by atoms with Crippen LogP contribution in [0.15, 0.2) is 35.7 Å². The van der Waals surface area contributed by atoms with Crippen molar-refractivity contribution < 1.29 is 13.2 Å². The summed E-state index contributed by atoms with van der Waals surface area (Å²) in [5, 5.41) is 3.23. The second-order valence-corrected chi connectivity index (χ2v) is 7.79. The first-order chi connectivity index (χ1) is 13.5. The smallest absolute Gasteiger partial charge is 0.240 e. The number of likely N-dealkylation sites (N-methyl/N-ethyl adjacent to an activating group) is 1. The topological polar surface area (TPSA) is 125 Å². The van der Waals surface area contributed by atoms with Crippen molar-refractivity contribution >= 4 is 38.4 Å². The summed E-state index contributed by atoms with van der Waals surface area (Å²) in [6, 6.07) is 4.94. The van der Waals surface area contributed by atoms with Crippen LogP contribution < -0.4 is 14.9 Å². The fourth-order valence-electron chi connectivity index (χ4n) is 2.81. The number of aromatic amines is 1. The lowest BCUT2D eigenvalue weighted by Gasteiger charge is -2.26. The summed E-state index contributed by atoms with van der Waals surface area (Å²) in [6.45, 7) is 3.94. The maximum absolute atomic E-state index is 12.3. The Hall–Kier alpha value is -2.76. The van der Waals surface area contributed by atoms with Gasteiger partial charge in [-0.05, 0) is 32.2 Å². The standard InChI is InChI=1S/C17H23N7O3S/c1-4-24(7-8-27-3)14-6-5-12(28(25,26)18-2)9-13(14)23-17-15-16(20-10-19-15)21-11-22-17/h5-6,9-11,18H,4,7-8H2,1-3H3,(H2,19,20,21,22,23). The van der Waals surface area contributed by atoms with Gasteiger partial charge in [0.15, 0.2) is 11.5 Å². The highest BCUT2D eigenvalue weighted by Gasteiger charge is 2.18. The number of ether oxygens (including phenoxy) is 1. The molecule has 28 heavy (non-hydrogen) atoms.